The molecule has 0 aromatic heterocycles. The standard InChI is InChI=1S/C16H20ClN3O2/c17-13-5-1-2-6-14(13)20-10-11(8-15(20)21)16(22)19-7-3-4-12(19)9-18/h1-2,5-6,11-12H,3-4,7-10,18H2. The fraction of sp³-hybridized carbons (Fsp3) is 0.500. The molecule has 6 heteroatoms. The zero-order valence-corrected chi connectivity index (χ0v) is 13.1. The molecular formula is C16H20ClN3O2. The highest BCUT2D eigenvalue weighted by Crippen LogP contribution is 2.32. The Morgan fingerprint density at radius 1 is 1.36 bits per heavy atom. The number of benzene rings is 1. The van der Waals surface area contributed by atoms with Gasteiger partial charge < -0.3 is 15.5 Å². The molecule has 2 N–H and O–H groups in total. The number of likely N-dealkylation sites (tertiary alicyclic amines) is 1. The Hall–Kier alpha value is -1.59. The van der Waals surface area contributed by atoms with E-state index in [-0.39, 0.29) is 30.2 Å². The van der Waals surface area contributed by atoms with E-state index in [1.807, 2.05) is 23.1 Å². The summed E-state index contributed by atoms with van der Waals surface area (Å²) in [6.07, 6.45) is 2.19. The summed E-state index contributed by atoms with van der Waals surface area (Å²) in [5.41, 5.74) is 6.42. The summed E-state index contributed by atoms with van der Waals surface area (Å²) in [6.45, 7) is 1.63. The van der Waals surface area contributed by atoms with Crippen LogP contribution in [0.15, 0.2) is 24.3 Å². The molecular weight excluding hydrogens is 302 g/mol. The van der Waals surface area contributed by atoms with E-state index in [0.29, 0.717) is 23.8 Å². The second-order valence-corrected chi connectivity index (χ2v) is 6.33. The Labute approximate surface area is 135 Å². The van der Waals surface area contributed by atoms with Crippen molar-refractivity contribution in [2.75, 3.05) is 24.5 Å². The third-order valence-electron chi connectivity index (χ3n) is 4.55. The summed E-state index contributed by atoms with van der Waals surface area (Å²) >= 11 is 6.16. The minimum Gasteiger partial charge on any atom is -0.338 e. The van der Waals surface area contributed by atoms with Crippen molar-refractivity contribution in [3.05, 3.63) is 29.3 Å². The van der Waals surface area contributed by atoms with Gasteiger partial charge in [-0.05, 0) is 25.0 Å². The second kappa shape index (κ2) is 6.26. The maximum atomic E-state index is 12.7. The van der Waals surface area contributed by atoms with Gasteiger partial charge in [-0.2, -0.15) is 0 Å². The molecule has 2 unspecified atom stereocenters. The number of para-hydroxylation sites is 1. The van der Waals surface area contributed by atoms with Gasteiger partial charge in [-0.3, -0.25) is 9.59 Å². The monoisotopic (exact) mass is 321 g/mol. The van der Waals surface area contributed by atoms with Crippen LogP contribution in [-0.2, 0) is 9.59 Å². The van der Waals surface area contributed by atoms with Gasteiger partial charge in [0.15, 0.2) is 0 Å². The topological polar surface area (TPSA) is 66.6 Å². The zero-order chi connectivity index (χ0) is 15.7. The van der Waals surface area contributed by atoms with Crippen LogP contribution < -0.4 is 10.6 Å². The Morgan fingerprint density at radius 2 is 2.14 bits per heavy atom. The highest BCUT2D eigenvalue weighted by atomic mass is 35.5. The van der Waals surface area contributed by atoms with E-state index in [0.717, 1.165) is 19.4 Å². The van der Waals surface area contributed by atoms with E-state index < -0.39 is 0 Å². The molecule has 22 heavy (non-hydrogen) atoms. The van der Waals surface area contributed by atoms with Gasteiger partial charge in [0.25, 0.3) is 0 Å². The van der Waals surface area contributed by atoms with Crippen molar-refractivity contribution in [1.82, 2.24) is 4.90 Å². The molecule has 2 aliphatic heterocycles. The van der Waals surface area contributed by atoms with E-state index in [1.54, 1.807) is 11.0 Å². The Balaban J connectivity index is 1.75. The lowest BCUT2D eigenvalue weighted by Crippen LogP contribution is -2.43. The highest BCUT2D eigenvalue weighted by molar-refractivity contribution is 6.33. The molecule has 0 radical (unpaired) electrons. The first-order chi connectivity index (χ1) is 10.6. The van der Waals surface area contributed by atoms with Crippen molar-refractivity contribution in [2.24, 2.45) is 11.7 Å². The van der Waals surface area contributed by atoms with Crippen molar-refractivity contribution in [1.29, 1.82) is 0 Å². The Kier molecular flexibility index (Phi) is 4.36. The third kappa shape index (κ3) is 2.71. The number of hydrogen-bond acceptors (Lipinski definition) is 3. The number of nitrogens with zero attached hydrogens (tertiary/aromatic N) is 2. The van der Waals surface area contributed by atoms with Crippen LogP contribution in [0, 0.1) is 5.92 Å². The Bertz CT molecular complexity index is 593. The molecule has 2 aliphatic rings. The lowest BCUT2D eigenvalue weighted by Gasteiger charge is -2.26. The van der Waals surface area contributed by atoms with Crippen molar-refractivity contribution in [3.63, 3.8) is 0 Å². The van der Waals surface area contributed by atoms with Crippen LogP contribution in [0.25, 0.3) is 0 Å². The quantitative estimate of drug-likeness (QED) is 0.920. The van der Waals surface area contributed by atoms with Crippen LogP contribution >= 0.6 is 11.6 Å². The number of carbonyl (C=O) groups excluding carboxylic acids is 2. The van der Waals surface area contributed by atoms with E-state index in [2.05, 4.69) is 0 Å². The van der Waals surface area contributed by atoms with Gasteiger partial charge in [-0.1, -0.05) is 23.7 Å². The molecule has 2 heterocycles. The SMILES string of the molecule is NCC1CCCN1C(=O)C1CC(=O)N(c2ccccc2Cl)C1. The van der Waals surface area contributed by atoms with Gasteiger partial charge in [0.2, 0.25) is 11.8 Å². The molecule has 2 atom stereocenters. The van der Waals surface area contributed by atoms with Gasteiger partial charge in [0.1, 0.15) is 0 Å². The number of halogens is 1. The maximum Gasteiger partial charge on any atom is 0.228 e. The molecule has 0 bridgehead atoms. The Morgan fingerprint density at radius 3 is 2.86 bits per heavy atom. The largest absolute Gasteiger partial charge is 0.338 e. The van der Waals surface area contributed by atoms with E-state index in [1.165, 1.54) is 0 Å². The van der Waals surface area contributed by atoms with Crippen molar-refractivity contribution < 1.29 is 9.59 Å². The smallest absolute Gasteiger partial charge is 0.228 e. The minimum absolute atomic E-state index is 0.0463. The number of nitrogens with two attached hydrogens (primary N) is 1. The van der Waals surface area contributed by atoms with Crippen LogP contribution in [0.5, 0.6) is 0 Å². The summed E-state index contributed by atoms with van der Waals surface area (Å²) in [7, 11) is 0. The zero-order valence-electron chi connectivity index (χ0n) is 12.4. The van der Waals surface area contributed by atoms with E-state index in [4.69, 9.17) is 17.3 Å². The van der Waals surface area contributed by atoms with Gasteiger partial charge in [-0.25, -0.2) is 0 Å². The maximum absolute atomic E-state index is 12.7. The molecule has 0 saturated carbocycles. The molecule has 2 fully saturated rings. The van der Waals surface area contributed by atoms with Crippen molar-refractivity contribution in [2.45, 2.75) is 25.3 Å². The molecule has 0 spiro atoms. The number of hydrogen-bond donors (Lipinski definition) is 1. The lowest BCUT2D eigenvalue weighted by atomic mass is 10.1. The summed E-state index contributed by atoms with van der Waals surface area (Å²) < 4.78 is 0. The number of amides is 2. The lowest BCUT2D eigenvalue weighted by molar-refractivity contribution is -0.136. The summed E-state index contributed by atoms with van der Waals surface area (Å²) in [4.78, 5) is 28.4. The molecule has 3 rings (SSSR count). The molecule has 0 aliphatic carbocycles. The molecule has 2 amide bonds. The number of rotatable bonds is 3. The molecule has 118 valence electrons. The molecule has 1 aromatic carbocycles. The third-order valence-corrected chi connectivity index (χ3v) is 4.87. The van der Waals surface area contributed by atoms with E-state index >= 15 is 0 Å². The van der Waals surface area contributed by atoms with Crippen LogP contribution in [-0.4, -0.2) is 42.4 Å². The fourth-order valence-electron chi connectivity index (χ4n) is 3.38. The molecule has 2 saturated heterocycles. The average Bonchev–Trinajstić information content (AvgIpc) is 3.13. The normalized spacial score (nSPS) is 25.1. The van der Waals surface area contributed by atoms with Gasteiger partial charge in [0.05, 0.1) is 16.6 Å². The first-order valence-corrected chi connectivity index (χ1v) is 8.05. The van der Waals surface area contributed by atoms with Crippen LogP contribution in [0.1, 0.15) is 19.3 Å². The second-order valence-electron chi connectivity index (χ2n) is 5.92. The van der Waals surface area contributed by atoms with E-state index in [9.17, 15) is 9.59 Å². The van der Waals surface area contributed by atoms with Gasteiger partial charge >= 0.3 is 0 Å². The average molecular weight is 322 g/mol. The minimum atomic E-state index is -0.295. The predicted molar refractivity (Wildman–Crippen MR) is 85.7 cm³/mol. The summed E-state index contributed by atoms with van der Waals surface area (Å²) in [5, 5.41) is 0.532. The van der Waals surface area contributed by atoms with Crippen molar-refractivity contribution >= 4 is 29.1 Å². The van der Waals surface area contributed by atoms with Crippen LogP contribution in [0.3, 0.4) is 0 Å². The molecule has 5 nitrogen and oxygen atoms in total. The van der Waals surface area contributed by atoms with Crippen molar-refractivity contribution in [3.8, 4) is 0 Å². The summed E-state index contributed by atoms with van der Waals surface area (Å²) in [6, 6.07) is 7.35. The first-order valence-electron chi connectivity index (χ1n) is 7.67. The highest BCUT2D eigenvalue weighted by Gasteiger charge is 2.40. The predicted octanol–water partition coefficient (Wildman–Crippen LogP) is 1.64. The number of anilines is 1. The summed E-state index contributed by atoms with van der Waals surface area (Å²) in [5.74, 6) is -0.290. The van der Waals surface area contributed by atoms with Crippen LogP contribution in [0.4, 0.5) is 5.69 Å². The molecule has 1 aromatic rings. The number of carbonyl (C=O) groups is 2. The first kappa shape index (κ1) is 15.3. The van der Waals surface area contributed by atoms with Gasteiger partial charge in [-0.15, -0.1) is 0 Å². The van der Waals surface area contributed by atoms with Crippen LogP contribution in [0.2, 0.25) is 5.02 Å². The fourth-order valence-corrected chi connectivity index (χ4v) is 3.62. The van der Waals surface area contributed by atoms with Gasteiger partial charge in [0, 0.05) is 32.1 Å².